The highest BCUT2D eigenvalue weighted by Crippen LogP contribution is 2.26. The van der Waals surface area contributed by atoms with Crippen LogP contribution in [0.1, 0.15) is 13.8 Å². The van der Waals surface area contributed by atoms with Gasteiger partial charge in [-0.05, 0) is 32.0 Å². The van der Waals surface area contributed by atoms with Crippen LogP contribution in [0, 0.1) is 0 Å². The van der Waals surface area contributed by atoms with Gasteiger partial charge >= 0.3 is 0 Å². The average molecular weight is 323 g/mol. The molecule has 0 aliphatic carbocycles. The molecule has 1 rings (SSSR count). The Kier molecular flexibility index (Phi) is 4.97. The Morgan fingerprint density at radius 2 is 1.80 bits per heavy atom. The summed E-state index contributed by atoms with van der Waals surface area (Å²) in [6, 6.07) is 3.47. The van der Waals surface area contributed by atoms with E-state index in [0.29, 0.717) is 0 Å². The summed E-state index contributed by atoms with van der Waals surface area (Å²) in [5.41, 5.74) is 0.0583. The lowest BCUT2D eigenvalue weighted by molar-refractivity contribution is 0.403. The Morgan fingerprint density at radius 1 is 1.20 bits per heavy atom. The second-order valence-corrected chi connectivity index (χ2v) is 7.27. The smallest absolute Gasteiger partial charge is 0.299 e. The van der Waals surface area contributed by atoms with Crippen LogP contribution in [0.3, 0.4) is 0 Å². The fourth-order valence-corrected chi connectivity index (χ4v) is 3.30. The molecule has 4 N–H and O–H groups in total. The van der Waals surface area contributed by atoms with Crippen LogP contribution in [0.15, 0.2) is 23.1 Å². The summed E-state index contributed by atoms with van der Waals surface area (Å²) in [4.78, 5) is -0.301. The van der Waals surface area contributed by atoms with E-state index in [1.54, 1.807) is 13.8 Å². The Bertz CT molecular complexity index is 683. The maximum Gasteiger partial charge on any atom is 0.299 e. The molecule has 0 heterocycles. The molecule has 20 heavy (non-hydrogen) atoms. The van der Waals surface area contributed by atoms with Crippen LogP contribution < -0.4 is 19.3 Å². The molecular weight excluding hydrogens is 306 g/mol. The lowest BCUT2D eigenvalue weighted by atomic mass is 10.3. The van der Waals surface area contributed by atoms with Crippen molar-refractivity contribution >= 4 is 25.9 Å². The molecule has 0 radical (unpaired) electrons. The molecule has 0 fully saturated rings. The summed E-state index contributed by atoms with van der Waals surface area (Å²) in [5.74, 6) is 0.0345. The molecule has 1 aromatic rings. The SMILES string of the molecule is COc1ccc(NS(=O)(=O)NC(C)C)cc1S(N)(=O)=O. The van der Waals surface area contributed by atoms with Crippen molar-refractivity contribution in [3.63, 3.8) is 0 Å². The van der Waals surface area contributed by atoms with Gasteiger partial charge in [-0.3, -0.25) is 4.72 Å². The minimum Gasteiger partial charge on any atom is -0.495 e. The Morgan fingerprint density at radius 3 is 2.25 bits per heavy atom. The van der Waals surface area contributed by atoms with Crippen LogP contribution >= 0.6 is 0 Å². The van der Waals surface area contributed by atoms with Gasteiger partial charge in [0.15, 0.2) is 0 Å². The number of ether oxygens (including phenoxy) is 1. The van der Waals surface area contributed by atoms with E-state index in [9.17, 15) is 16.8 Å². The van der Waals surface area contributed by atoms with Gasteiger partial charge in [0, 0.05) is 6.04 Å². The number of rotatable bonds is 6. The first kappa shape index (κ1) is 16.7. The van der Waals surface area contributed by atoms with Crippen molar-refractivity contribution in [3.8, 4) is 5.75 Å². The van der Waals surface area contributed by atoms with E-state index in [4.69, 9.17) is 9.88 Å². The number of hydrogen-bond acceptors (Lipinski definition) is 5. The summed E-state index contributed by atoms with van der Waals surface area (Å²) in [5, 5.41) is 5.05. The first-order valence-electron chi connectivity index (χ1n) is 5.56. The molecule has 0 bridgehead atoms. The predicted octanol–water partition coefficient (Wildman–Crippen LogP) is -0.00270. The summed E-state index contributed by atoms with van der Waals surface area (Å²) >= 11 is 0. The second-order valence-electron chi connectivity index (χ2n) is 4.29. The fraction of sp³-hybridized carbons (Fsp3) is 0.400. The van der Waals surface area contributed by atoms with Gasteiger partial charge in [0.05, 0.1) is 12.8 Å². The van der Waals surface area contributed by atoms with Crippen LogP contribution in [-0.2, 0) is 20.2 Å². The van der Waals surface area contributed by atoms with E-state index >= 15 is 0 Å². The van der Waals surface area contributed by atoms with Crippen LogP contribution in [0.4, 0.5) is 5.69 Å². The van der Waals surface area contributed by atoms with E-state index < -0.39 is 20.2 Å². The summed E-state index contributed by atoms with van der Waals surface area (Å²) < 4.78 is 55.6. The van der Waals surface area contributed by atoms with E-state index in [-0.39, 0.29) is 22.4 Å². The average Bonchev–Trinajstić information content (AvgIpc) is 2.25. The zero-order valence-electron chi connectivity index (χ0n) is 11.2. The number of methoxy groups -OCH3 is 1. The molecule has 0 aliphatic rings. The quantitative estimate of drug-likeness (QED) is 0.679. The van der Waals surface area contributed by atoms with Crippen LogP contribution in [-0.4, -0.2) is 30.0 Å². The van der Waals surface area contributed by atoms with Crippen molar-refractivity contribution < 1.29 is 21.6 Å². The van der Waals surface area contributed by atoms with Gasteiger partial charge in [-0.2, -0.15) is 13.1 Å². The molecule has 114 valence electrons. The third-order valence-electron chi connectivity index (χ3n) is 2.11. The highest BCUT2D eigenvalue weighted by atomic mass is 32.2. The van der Waals surface area contributed by atoms with Gasteiger partial charge in [-0.15, -0.1) is 0 Å². The van der Waals surface area contributed by atoms with Crippen molar-refractivity contribution in [3.05, 3.63) is 18.2 Å². The molecule has 0 aliphatic heterocycles. The number of sulfonamides is 1. The minimum absolute atomic E-state index is 0.0345. The molecule has 0 saturated carbocycles. The lowest BCUT2D eigenvalue weighted by Crippen LogP contribution is -2.35. The van der Waals surface area contributed by atoms with Crippen molar-refractivity contribution in [1.29, 1.82) is 0 Å². The molecular formula is C10H17N3O5S2. The fourth-order valence-electron chi connectivity index (χ4n) is 1.46. The standard InChI is InChI=1S/C10H17N3O5S2/c1-7(2)12-20(16,17)13-8-4-5-9(18-3)10(6-8)19(11,14)15/h4-7,12-13H,1-3H3,(H2,11,14,15). The zero-order valence-corrected chi connectivity index (χ0v) is 12.9. The van der Waals surface area contributed by atoms with Gasteiger partial charge < -0.3 is 4.74 Å². The monoisotopic (exact) mass is 323 g/mol. The summed E-state index contributed by atoms with van der Waals surface area (Å²) in [7, 11) is -6.53. The van der Waals surface area contributed by atoms with Crippen molar-refractivity contribution in [2.75, 3.05) is 11.8 Å². The minimum atomic E-state index is -4.03. The molecule has 0 aromatic heterocycles. The lowest BCUT2D eigenvalue weighted by Gasteiger charge is -2.13. The van der Waals surface area contributed by atoms with Crippen molar-refractivity contribution in [2.45, 2.75) is 24.8 Å². The first-order valence-corrected chi connectivity index (χ1v) is 8.59. The number of nitrogens with two attached hydrogens (primary N) is 1. The van der Waals surface area contributed by atoms with E-state index in [1.165, 1.54) is 19.2 Å². The molecule has 0 atom stereocenters. The van der Waals surface area contributed by atoms with Gasteiger partial charge in [-0.25, -0.2) is 13.6 Å². The Hall–Kier alpha value is -1.36. The number of benzene rings is 1. The molecule has 1 aromatic carbocycles. The largest absolute Gasteiger partial charge is 0.495 e. The predicted molar refractivity (Wildman–Crippen MR) is 75.2 cm³/mol. The van der Waals surface area contributed by atoms with Crippen molar-refractivity contribution in [2.24, 2.45) is 5.14 Å². The van der Waals surface area contributed by atoms with E-state index in [2.05, 4.69) is 9.44 Å². The third kappa shape index (κ3) is 4.63. The maximum absolute atomic E-state index is 11.7. The number of nitrogens with one attached hydrogen (secondary N) is 2. The second kappa shape index (κ2) is 5.95. The van der Waals surface area contributed by atoms with E-state index in [0.717, 1.165) is 6.07 Å². The summed E-state index contributed by atoms with van der Waals surface area (Å²) in [6.07, 6.45) is 0. The number of primary sulfonamides is 1. The number of anilines is 1. The highest BCUT2D eigenvalue weighted by molar-refractivity contribution is 7.90. The zero-order chi connectivity index (χ0) is 15.6. The topological polar surface area (TPSA) is 128 Å². The first-order chi connectivity index (χ1) is 9.05. The van der Waals surface area contributed by atoms with E-state index in [1.807, 2.05) is 0 Å². The summed E-state index contributed by atoms with van der Waals surface area (Å²) in [6.45, 7) is 3.31. The van der Waals surface area contributed by atoms with Gasteiger partial charge in [0.2, 0.25) is 10.0 Å². The molecule has 0 amide bonds. The molecule has 8 nitrogen and oxygen atoms in total. The maximum atomic E-state index is 11.7. The molecule has 0 saturated heterocycles. The third-order valence-corrected chi connectivity index (χ3v) is 4.33. The van der Waals surface area contributed by atoms with Crippen molar-refractivity contribution in [1.82, 2.24) is 4.72 Å². The highest BCUT2D eigenvalue weighted by Gasteiger charge is 2.18. The molecule has 0 unspecified atom stereocenters. The number of hydrogen-bond donors (Lipinski definition) is 3. The Balaban J connectivity index is 3.17. The Labute approximate surface area is 118 Å². The van der Waals surface area contributed by atoms with Gasteiger partial charge in [0.1, 0.15) is 10.6 Å². The molecule has 0 spiro atoms. The van der Waals surface area contributed by atoms with Crippen LogP contribution in [0.25, 0.3) is 0 Å². The van der Waals surface area contributed by atoms with Crippen LogP contribution in [0.2, 0.25) is 0 Å². The molecule has 10 heteroatoms. The van der Waals surface area contributed by atoms with Gasteiger partial charge in [0.25, 0.3) is 10.2 Å². The normalized spacial score (nSPS) is 12.4. The van der Waals surface area contributed by atoms with Crippen LogP contribution in [0.5, 0.6) is 5.75 Å². The van der Waals surface area contributed by atoms with Gasteiger partial charge in [-0.1, -0.05) is 0 Å².